The molecule has 0 amide bonds. The van der Waals surface area contributed by atoms with Crippen LogP contribution in [0.2, 0.25) is 0 Å². The summed E-state index contributed by atoms with van der Waals surface area (Å²) in [6, 6.07) is 14.6. The maximum Gasteiger partial charge on any atom is 0.352 e. The molecule has 0 heterocycles. The molecule has 0 aliphatic carbocycles. The fourth-order valence-electron chi connectivity index (χ4n) is 2.01. The predicted octanol–water partition coefficient (Wildman–Crippen LogP) is 3.59. The van der Waals surface area contributed by atoms with Crippen molar-refractivity contribution in [3.05, 3.63) is 65.2 Å². The summed E-state index contributed by atoms with van der Waals surface area (Å²) in [6.45, 7) is 3.86. The number of hydrogen-bond donors (Lipinski definition) is 3. The van der Waals surface area contributed by atoms with Crippen molar-refractivity contribution in [1.82, 2.24) is 0 Å². The lowest BCUT2D eigenvalue weighted by Gasteiger charge is -2.22. The minimum atomic E-state index is -4.31. The summed E-state index contributed by atoms with van der Waals surface area (Å²) in [5, 5.41) is 2.93. The van der Waals surface area contributed by atoms with Crippen molar-refractivity contribution < 1.29 is 14.4 Å². The van der Waals surface area contributed by atoms with E-state index in [4.69, 9.17) is 0 Å². The van der Waals surface area contributed by atoms with E-state index in [1.165, 1.54) is 0 Å². The highest BCUT2D eigenvalue weighted by Gasteiger charge is 2.30. The van der Waals surface area contributed by atoms with Crippen LogP contribution in [0.15, 0.2) is 48.5 Å². The Labute approximate surface area is 118 Å². The number of aryl methyl sites for hydroxylation is 2. The summed E-state index contributed by atoms with van der Waals surface area (Å²) in [6.07, 6.45) is 0. The van der Waals surface area contributed by atoms with Crippen LogP contribution in [0.25, 0.3) is 0 Å². The third-order valence-electron chi connectivity index (χ3n) is 3.05. The number of rotatable bonds is 4. The van der Waals surface area contributed by atoms with Crippen molar-refractivity contribution in [2.24, 2.45) is 0 Å². The standard InChI is InChI=1S/C15H18NO3P/c1-11-6-8-14(9-7-11)16-15(20(17,18)19)13-5-3-4-12(2)10-13/h3-10,15-16H,1-2H3,(H2,17,18,19). The molecule has 2 aromatic rings. The number of hydrogen-bond acceptors (Lipinski definition) is 2. The van der Waals surface area contributed by atoms with E-state index in [9.17, 15) is 14.4 Å². The average molecular weight is 291 g/mol. The third-order valence-corrected chi connectivity index (χ3v) is 4.15. The Kier molecular flexibility index (Phi) is 4.29. The van der Waals surface area contributed by atoms with E-state index in [2.05, 4.69) is 5.32 Å². The Hall–Kier alpha value is -1.61. The van der Waals surface area contributed by atoms with Crippen molar-refractivity contribution in [1.29, 1.82) is 0 Å². The Morgan fingerprint density at radius 3 is 2.20 bits per heavy atom. The van der Waals surface area contributed by atoms with Gasteiger partial charge >= 0.3 is 7.60 Å². The average Bonchev–Trinajstić information content (AvgIpc) is 2.36. The maximum absolute atomic E-state index is 11.7. The van der Waals surface area contributed by atoms with E-state index in [1.54, 1.807) is 18.2 Å². The van der Waals surface area contributed by atoms with Gasteiger partial charge in [0, 0.05) is 5.69 Å². The van der Waals surface area contributed by atoms with Gasteiger partial charge in [0.05, 0.1) is 0 Å². The van der Waals surface area contributed by atoms with E-state index >= 15 is 0 Å². The van der Waals surface area contributed by atoms with Crippen molar-refractivity contribution in [3.63, 3.8) is 0 Å². The Bertz CT molecular complexity index is 634. The summed E-state index contributed by atoms with van der Waals surface area (Å²) in [5.41, 5.74) is 3.33. The molecule has 4 nitrogen and oxygen atoms in total. The summed E-state index contributed by atoms with van der Waals surface area (Å²) in [4.78, 5) is 19.2. The van der Waals surface area contributed by atoms with E-state index in [0.717, 1.165) is 11.1 Å². The first-order valence-electron chi connectivity index (χ1n) is 6.31. The number of nitrogens with one attached hydrogen (secondary N) is 1. The van der Waals surface area contributed by atoms with E-state index < -0.39 is 13.4 Å². The van der Waals surface area contributed by atoms with Crippen molar-refractivity contribution >= 4 is 13.3 Å². The van der Waals surface area contributed by atoms with Gasteiger partial charge in [-0.25, -0.2) is 0 Å². The van der Waals surface area contributed by atoms with Crippen LogP contribution in [-0.4, -0.2) is 9.79 Å². The Morgan fingerprint density at radius 2 is 1.65 bits per heavy atom. The molecule has 1 unspecified atom stereocenters. The molecule has 106 valence electrons. The molecule has 2 rings (SSSR count). The molecule has 0 aromatic heterocycles. The predicted molar refractivity (Wildman–Crippen MR) is 80.8 cm³/mol. The first kappa shape index (κ1) is 14.8. The number of anilines is 1. The highest BCUT2D eigenvalue weighted by atomic mass is 31.2. The molecule has 1 atom stereocenters. The van der Waals surface area contributed by atoms with E-state index in [0.29, 0.717) is 11.3 Å². The van der Waals surface area contributed by atoms with Gasteiger partial charge in [-0.1, -0.05) is 47.5 Å². The molecule has 0 aliphatic rings. The summed E-state index contributed by atoms with van der Waals surface area (Å²) in [5.74, 6) is -1.04. The smallest absolute Gasteiger partial charge is 0.352 e. The molecule has 2 aromatic carbocycles. The molecule has 0 aliphatic heterocycles. The molecule has 5 heteroatoms. The van der Waals surface area contributed by atoms with E-state index in [-0.39, 0.29) is 0 Å². The zero-order valence-corrected chi connectivity index (χ0v) is 12.3. The first-order valence-corrected chi connectivity index (χ1v) is 7.99. The maximum atomic E-state index is 11.7. The quantitative estimate of drug-likeness (QED) is 0.753. The first-order chi connectivity index (χ1) is 9.36. The summed E-state index contributed by atoms with van der Waals surface area (Å²) < 4.78 is 11.7. The van der Waals surface area contributed by atoms with Gasteiger partial charge in [-0.15, -0.1) is 0 Å². The molecule has 0 radical (unpaired) electrons. The molecular formula is C15H18NO3P. The van der Waals surface area contributed by atoms with Crippen LogP contribution in [0.1, 0.15) is 22.5 Å². The minimum absolute atomic E-state index is 0.582. The van der Waals surface area contributed by atoms with E-state index in [1.807, 2.05) is 44.2 Å². The van der Waals surface area contributed by atoms with Gasteiger partial charge in [0.25, 0.3) is 0 Å². The van der Waals surface area contributed by atoms with Gasteiger partial charge in [0.2, 0.25) is 0 Å². The van der Waals surface area contributed by atoms with Crippen LogP contribution in [0.3, 0.4) is 0 Å². The van der Waals surface area contributed by atoms with Gasteiger partial charge in [-0.2, -0.15) is 0 Å². The van der Waals surface area contributed by atoms with Crippen molar-refractivity contribution in [2.75, 3.05) is 5.32 Å². The molecule has 0 fully saturated rings. The molecular weight excluding hydrogens is 273 g/mol. The largest absolute Gasteiger partial charge is 0.368 e. The monoisotopic (exact) mass is 291 g/mol. The number of benzene rings is 2. The topological polar surface area (TPSA) is 69.6 Å². The second-order valence-corrected chi connectivity index (χ2v) is 6.61. The lowest BCUT2D eigenvalue weighted by Crippen LogP contribution is -2.11. The van der Waals surface area contributed by atoms with Gasteiger partial charge < -0.3 is 15.1 Å². The van der Waals surface area contributed by atoms with Gasteiger partial charge in [-0.3, -0.25) is 4.57 Å². The second kappa shape index (κ2) is 5.80. The van der Waals surface area contributed by atoms with Crippen molar-refractivity contribution in [3.8, 4) is 0 Å². The van der Waals surface area contributed by atoms with Gasteiger partial charge in [0.15, 0.2) is 5.78 Å². The Balaban J connectivity index is 2.34. The molecule has 0 bridgehead atoms. The molecule has 0 saturated heterocycles. The Morgan fingerprint density at radius 1 is 1.00 bits per heavy atom. The fourth-order valence-corrected chi connectivity index (χ4v) is 2.88. The highest BCUT2D eigenvalue weighted by Crippen LogP contribution is 2.51. The van der Waals surface area contributed by atoms with Gasteiger partial charge in [-0.05, 0) is 31.5 Å². The highest BCUT2D eigenvalue weighted by molar-refractivity contribution is 7.52. The summed E-state index contributed by atoms with van der Waals surface area (Å²) in [7, 11) is -4.31. The van der Waals surface area contributed by atoms with Crippen LogP contribution in [-0.2, 0) is 4.57 Å². The molecule has 3 N–H and O–H groups in total. The second-order valence-electron chi connectivity index (χ2n) is 4.92. The SMILES string of the molecule is Cc1ccc(NC(c2cccc(C)c2)P(=O)(O)O)cc1. The van der Waals surface area contributed by atoms with Gasteiger partial charge in [0.1, 0.15) is 0 Å². The molecule has 0 saturated carbocycles. The van der Waals surface area contributed by atoms with Crippen LogP contribution < -0.4 is 5.32 Å². The normalized spacial score (nSPS) is 13.0. The van der Waals surface area contributed by atoms with Crippen LogP contribution in [0.5, 0.6) is 0 Å². The zero-order valence-electron chi connectivity index (χ0n) is 11.4. The lowest BCUT2D eigenvalue weighted by atomic mass is 10.1. The van der Waals surface area contributed by atoms with Crippen molar-refractivity contribution in [2.45, 2.75) is 19.6 Å². The van der Waals surface area contributed by atoms with Crippen LogP contribution in [0.4, 0.5) is 5.69 Å². The van der Waals surface area contributed by atoms with Crippen LogP contribution in [0, 0.1) is 13.8 Å². The minimum Gasteiger partial charge on any atom is -0.368 e. The third kappa shape index (κ3) is 3.70. The molecule has 20 heavy (non-hydrogen) atoms. The zero-order chi connectivity index (χ0) is 14.8. The van der Waals surface area contributed by atoms with Crippen LogP contribution >= 0.6 is 7.60 Å². The summed E-state index contributed by atoms with van der Waals surface area (Å²) >= 11 is 0. The lowest BCUT2D eigenvalue weighted by molar-refractivity contribution is 0.363. The fraction of sp³-hybridized carbons (Fsp3) is 0.200. The molecule has 0 spiro atoms.